The third-order valence-electron chi connectivity index (χ3n) is 2.30. The van der Waals surface area contributed by atoms with E-state index in [1.165, 1.54) is 24.6 Å². The number of thioether (sulfide) groups is 1. The molecule has 0 bridgehead atoms. The lowest BCUT2D eigenvalue weighted by Crippen LogP contribution is -2.31. The van der Waals surface area contributed by atoms with E-state index < -0.39 is 0 Å². The molecule has 0 unspecified atom stereocenters. The molecule has 0 aliphatic heterocycles. The quantitative estimate of drug-likeness (QED) is 0.321. The Hall–Kier alpha value is -1.08. The van der Waals surface area contributed by atoms with Crippen LogP contribution in [0.5, 0.6) is 0 Å². The lowest BCUT2D eigenvalue weighted by atomic mass is 10.4. The Morgan fingerprint density at radius 3 is 3.00 bits per heavy atom. The van der Waals surface area contributed by atoms with Crippen molar-refractivity contribution in [1.82, 2.24) is 20.2 Å². The normalized spacial score (nSPS) is 15.3. The molecule has 1 fully saturated rings. The summed E-state index contributed by atoms with van der Waals surface area (Å²) in [5, 5.41) is 8.91. The van der Waals surface area contributed by atoms with E-state index in [9.17, 15) is 4.79 Å². The van der Waals surface area contributed by atoms with Crippen molar-refractivity contribution >= 4 is 17.7 Å². The SMILES string of the molecule is Cn1c(SCC(=O)NN)nnc1C1CC1. The summed E-state index contributed by atoms with van der Waals surface area (Å²) in [7, 11) is 1.93. The van der Waals surface area contributed by atoms with Gasteiger partial charge in [0.15, 0.2) is 5.16 Å². The summed E-state index contributed by atoms with van der Waals surface area (Å²) in [4.78, 5) is 10.9. The van der Waals surface area contributed by atoms with E-state index in [0.29, 0.717) is 5.92 Å². The Morgan fingerprint density at radius 2 is 2.40 bits per heavy atom. The summed E-state index contributed by atoms with van der Waals surface area (Å²) >= 11 is 1.34. The number of nitrogens with two attached hydrogens (primary N) is 1. The van der Waals surface area contributed by atoms with Crippen LogP contribution < -0.4 is 11.3 Å². The number of aromatic nitrogens is 3. The van der Waals surface area contributed by atoms with Crippen LogP contribution in [0.2, 0.25) is 0 Å². The van der Waals surface area contributed by atoms with Gasteiger partial charge in [0.1, 0.15) is 5.82 Å². The maximum Gasteiger partial charge on any atom is 0.244 e. The Morgan fingerprint density at radius 1 is 1.67 bits per heavy atom. The predicted molar refractivity (Wildman–Crippen MR) is 56.0 cm³/mol. The van der Waals surface area contributed by atoms with Gasteiger partial charge >= 0.3 is 0 Å². The molecule has 1 heterocycles. The molecule has 1 aliphatic carbocycles. The van der Waals surface area contributed by atoms with E-state index >= 15 is 0 Å². The van der Waals surface area contributed by atoms with Crippen LogP contribution in [0.3, 0.4) is 0 Å². The fourth-order valence-corrected chi connectivity index (χ4v) is 2.05. The Bertz CT molecular complexity index is 373. The molecule has 0 aromatic carbocycles. The highest BCUT2D eigenvalue weighted by Crippen LogP contribution is 2.39. The largest absolute Gasteiger partial charge is 0.309 e. The third kappa shape index (κ3) is 2.29. The van der Waals surface area contributed by atoms with Crippen molar-refractivity contribution in [2.45, 2.75) is 23.9 Å². The van der Waals surface area contributed by atoms with Crippen molar-refractivity contribution in [3.8, 4) is 0 Å². The summed E-state index contributed by atoms with van der Waals surface area (Å²) in [5.74, 6) is 6.63. The minimum Gasteiger partial charge on any atom is -0.309 e. The minimum atomic E-state index is -0.212. The molecule has 0 radical (unpaired) electrons. The molecule has 0 atom stereocenters. The number of hydrazine groups is 1. The van der Waals surface area contributed by atoms with Crippen molar-refractivity contribution in [2.24, 2.45) is 12.9 Å². The van der Waals surface area contributed by atoms with Gasteiger partial charge in [-0.2, -0.15) is 0 Å². The van der Waals surface area contributed by atoms with Gasteiger partial charge in [0.05, 0.1) is 5.75 Å². The molecule has 6 nitrogen and oxygen atoms in total. The van der Waals surface area contributed by atoms with Gasteiger partial charge in [-0.05, 0) is 12.8 Å². The highest BCUT2D eigenvalue weighted by Gasteiger charge is 2.29. The lowest BCUT2D eigenvalue weighted by molar-refractivity contribution is -0.118. The predicted octanol–water partition coefficient (Wildman–Crippen LogP) is -0.226. The first-order chi connectivity index (χ1) is 7.22. The van der Waals surface area contributed by atoms with Gasteiger partial charge in [-0.15, -0.1) is 10.2 Å². The summed E-state index contributed by atoms with van der Waals surface area (Å²) in [5.41, 5.74) is 2.08. The van der Waals surface area contributed by atoms with E-state index in [1.54, 1.807) is 0 Å². The minimum absolute atomic E-state index is 0.212. The molecule has 15 heavy (non-hydrogen) atoms. The first-order valence-electron chi connectivity index (χ1n) is 4.74. The van der Waals surface area contributed by atoms with E-state index in [0.717, 1.165) is 11.0 Å². The average Bonchev–Trinajstić information content (AvgIpc) is 3.01. The molecule has 1 aromatic heterocycles. The maximum absolute atomic E-state index is 10.9. The number of rotatable bonds is 4. The second-order valence-electron chi connectivity index (χ2n) is 3.53. The first-order valence-corrected chi connectivity index (χ1v) is 5.72. The molecule has 1 amide bonds. The second kappa shape index (κ2) is 4.19. The summed E-state index contributed by atoms with van der Waals surface area (Å²) in [6, 6.07) is 0. The molecule has 0 spiro atoms. The number of carbonyl (C=O) groups is 1. The second-order valence-corrected chi connectivity index (χ2v) is 4.47. The summed E-state index contributed by atoms with van der Waals surface area (Å²) < 4.78 is 1.95. The van der Waals surface area contributed by atoms with Crippen molar-refractivity contribution in [2.75, 3.05) is 5.75 Å². The molecule has 2 rings (SSSR count). The molecule has 0 saturated heterocycles. The van der Waals surface area contributed by atoms with Gasteiger partial charge in [-0.1, -0.05) is 11.8 Å². The van der Waals surface area contributed by atoms with Crippen LogP contribution in [0.25, 0.3) is 0 Å². The van der Waals surface area contributed by atoms with Gasteiger partial charge in [-0.3, -0.25) is 10.2 Å². The molecular formula is C8H13N5OS. The molecule has 1 aromatic rings. The van der Waals surface area contributed by atoms with Crippen LogP contribution in [0.4, 0.5) is 0 Å². The summed E-state index contributed by atoms with van der Waals surface area (Å²) in [6.45, 7) is 0. The van der Waals surface area contributed by atoms with Gasteiger partial charge in [0, 0.05) is 13.0 Å². The Labute approximate surface area is 91.6 Å². The zero-order valence-corrected chi connectivity index (χ0v) is 9.25. The highest BCUT2D eigenvalue weighted by molar-refractivity contribution is 7.99. The topological polar surface area (TPSA) is 85.8 Å². The zero-order valence-electron chi connectivity index (χ0n) is 8.43. The number of nitrogens with one attached hydrogen (secondary N) is 1. The van der Waals surface area contributed by atoms with Crippen LogP contribution >= 0.6 is 11.8 Å². The van der Waals surface area contributed by atoms with Crippen LogP contribution in [0.15, 0.2) is 5.16 Å². The number of amides is 1. The number of hydrogen-bond acceptors (Lipinski definition) is 5. The molecule has 3 N–H and O–H groups in total. The Balaban J connectivity index is 1.99. The van der Waals surface area contributed by atoms with E-state index in [4.69, 9.17) is 5.84 Å². The van der Waals surface area contributed by atoms with Gasteiger partial charge < -0.3 is 4.57 Å². The van der Waals surface area contributed by atoms with Crippen molar-refractivity contribution in [3.05, 3.63) is 5.82 Å². The van der Waals surface area contributed by atoms with Crippen LogP contribution in [0.1, 0.15) is 24.6 Å². The van der Waals surface area contributed by atoms with Crippen LogP contribution in [-0.2, 0) is 11.8 Å². The zero-order chi connectivity index (χ0) is 10.8. The van der Waals surface area contributed by atoms with E-state index in [-0.39, 0.29) is 11.7 Å². The maximum atomic E-state index is 10.9. The molecule has 1 saturated carbocycles. The van der Waals surface area contributed by atoms with Crippen molar-refractivity contribution in [3.63, 3.8) is 0 Å². The number of carbonyl (C=O) groups excluding carboxylic acids is 1. The first kappa shape index (κ1) is 10.4. The third-order valence-corrected chi connectivity index (χ3v) is 3.32. The van der Waals surface area contributed by atoms with Crippen molar-refractivity contribution in [1.29, 1.82) is 0 Å². The Kier molecular flexibility index (Phi) is 2.92. The van der Waals surface area contributed by atoms with Crippen LogP contribution in [-0.4, -0.2) is 26.4 Å². The van der Waals surface area contributed by atoms with Gasteiger partial charge in [-0.25, -0.2) is 5.84 Å². The number of hydrogen-bond donors (Lipinski definition) is 2. The molecule has 1 aliphatic rings. The number of nitrogens with zero attached hydrogens (tertiary/aromatic N) is 3. The monoisotopic (exact) mass is 227 g/mol. The summed E-state index contributed by atoms with van der Waals surface area (Å²) in [6.07, 6.45) is 2.39. The van der Waals surface area contributed by atoms with Gasteiger partial charge in [0.2, 0.25) is 5.91 Å². The standard InChI is InChI=1S/C8H13N5OS/c1-13-7(5-2-3-5)11-12-8(13)15-4-6(14)10-9/h5H,2-4,9H2,1H3,(H,10,14). The molecular weight excluding hydrogens is 214 g/mol. The fourth-order valence-electron chi connectivity index (χ4n) is 1.32. The highest BCUT2D eigenvalue weighted by atomic mass is 32.2. The van der Waals surface area contributed by atoms with E-state index in [2.05, 4.69) is 15.6 Å². The van der Waals surface area contributed by atoms with Crippen molar-refractivity contribution < 1.29 is 4.79 Å². The average molecular weight is 227 g/mol. The van der Waals surface area contributed by atoms with Gasteiger partial charge in [0.25, 0.3) is 0 Å². The van der Waals surface area contributed by atoms with Crippen LogP contribution in [0, 0.1) is 0 Å². The fraction of sp³-hybridized carbons (Fsp3) is 0.625. The molecule has 82 valence electrons. The smallest absolute Gasteiger partial charge is 0.244 e. The van der Waals surface area contributed by atoms with E-state index in [1.807, 2.05) is 11.6 Å². The lowest BCUT2D eigenvalue weighted by Gasteiger charge is -2.01. The molecule has 7 heteroatoms.